The molecular weight excluding hydrogens is 492 g/mol. The first kappa shape index (κ1) is 25.6. The monoisotopic (exact) mass is 520 g/mol. The van der Waals surface area contributed by atoms with Gasteiger partial charge in [0.1, 0.15) is 6.33 Å². The molecule has 0 saturated carbocycles. The molecule has 0 atom stereocenters. The van der Waals surface area contributed by atoms with E-state index in [2.05, 4.69) is 21.7 Å². The quantitative estimate of drug-likeness (QED) is 0.194. The fraction of sp³-hybridized carbons (Fsp3) is 0.133. The van der Waals surface area contributed by atoms with Gasteiger partial charge in [0.05, 0.1) is 16.0 Å². The van der Waals surface area contributed by atoms with Crippen LogP contribution in [0.5, 0.6) is 0 Å². The van der Waals surface area contributed by atoms with Gasteiger partial charge in [-0.15, -0.1) is 0 Å². The third-order valence-corrected chi connectivity index (χ3v) is 6.40. The van der Waals surface area contributed by atoms with Crippen LogP contribution in [-0.4, -0.2) is 52.6 Å². The number of hydrogen-bond donors (Lipinski definition) is 2. The van der Waals surface area contributed by atoms with E-state index in [0.29, 0.717) is 6.54 Å². The molecule has 196 valence electrons. The van der Waals surface area contributed by atoms with Gasteiger partial charge in [-0.05, 0) is 72.7 Å². The topological polar surface area (TPSA) is 105 Å². The summed E-state index contributed by atoms with van der Waals surface area (Å²) >= 11 is 0. The van der Waals surface area contributed by atoms with Gasteiger partial charge in [-0.3, -0.25) is 14.7 Å². The zero-order valence-electron chi connectivity index (χ0n) is 21.7. The van der Waals surface area contributed by atoms with E-state index < -0.39 is 0 Å². The maximum atomic E-state index is 12.1. The van der Waals surface area contributed by atoms with Crippen LogP contribution in [0.4, 0.5) is 16.2 Å². The Labute approximate surface area is 225 Å². The van der Waals surface area contributed by atoms with E-state index in [4.69, 9.17) is 0 Å². The summed E-state index contributed by atoms with van der Waals surface area (Å²) in [7, 11) is 3.92. The first-order valence-electron chi connectivity index (χ1n) is 12.5. The molecule has 0 saturated heterocycles. The molecule has 0 aliphatic rings. The SMILES string of the molecule is CN(C)CCNC(=O)Nc1ccc(-c2ccc3ncn(-c4ccc(-c5cccc([N+](=O)[O-])c5)cc4)c3c2)cc1. The van der Waals surface area contributed by atoms with Crippen molar-refractivity contribution in [2.75, 3.05) is 32.5 Å². The number of carbonyl (C=O) groups excluding carboxylic acids is 1. The lowest BCUT2D eigenvalue weighted by Crippen LogP contribution is -2.34. The van der Waals surface area contributed by atoms with Gasteiger partial charge < -0.3 is 15.5 Å². The number of aromatic nitrogens is 2. The summed E-state index contributed by atoms with van der Waals surface area (Å²) in [6.45, 7) is 1.34. The zero-order chi connectivity index (χ0) is 27.4. The molecule has 0 bridgehead atoms. The van der Waals surface area contributed by atoms with E-state index >= 15 is 0 Å². The number of nitro benzene ring substituents is 1. The average Bonchev–Trinajstić information content (AvgIpc) is 3.37. The highest BCUT2D eigenvalue weighted by Gasteiger charge is 2.10. The number of non-ortho nitro benzene ring substituents is 1. The molecule has 0 fully saturated rings. The highest BCUT2D eigenvalue weighted by molar-refractivity contribution is 5.90. The molecule has 9 nitrogen and oxygen atoms in total. The van der Waals surface area contributed by atoms with Crippen LogP contribution in [0.1, 0.15) is 0 Å². The van der Waals surface area contributed by atoms with Crippen molar-refractivity contribution in [3.05, 3.63) is 107 Å². The van der Waals surface area contributed by atoms with Crippen molar-refractivity contribution in [1.29, 1.82) is 0 Å². The van der Waals surface area contributed by atoms with Crippen molar-refractivity contribution in [2.45, 2.75) is 0 Å². The first-order chi connectivity index (χ1) is 18.9. The van der Waals surface area contributed by atoms with Crippen LogP contribution in [0, 0.1) is 10.1 Å². The maximum absolute atomic E-state index is 12.1. The third-order valence-electron chi connectivity index (χ3n) is 6.40. The van der Waals surface area contributed by atoms with Crippen LogP contribution >= 0.6 is 0 Å². The number of fused-ring (bicyclic) bond motifs is 1. The fourth-order valence-corrected chi connectivity index (χ4v) is 4.32. The van der Waals surface area contributed by atoms with Gasteiger partial charge in [0, 0.05) is 36.6 Å². The van der Waals surface area contributed by atoms with Crippen molar-refractivity contribution in [3.63, 3.8) is 0 Å². The normalized spacial score (nSPS) is 11.1. The predicted octanol–water partition coefficient (Wildman–Crippen LogP) is 5.95. The predicted molar refractivity (Wildman–Crippen MR) is 154 cm³/mol. The van der Waals surface area contributed by atoms with Gasteiger partial charge in [-0.2, -0.15) is 0 Å². The van der Waals surface area contributed by atoms with Gasteiger partial charge >= 0.3 is 6.03 Å². The van der Waals surface area contributed by atoms with Crippen molar-refractivity contribution in [2.24, 2.45) is 0 Å². The van der Waals surface area contributed by atoms with Gasteiger partial charge in [0.2, 0.25) is 0 Å². The highest BCUT2D eigenvalue weighted by Crippen LogP contribution is 2.29. The van der Waals surface area contributed by atoms with Crippen molar-refractivity contribution in [3.8, 4) is 27.9 Å². The van der Waals surface area contributed by atoms with E-state index in [0.717, 1.165) is 51.2 Å². The number of amides is 2. The Morgan fingerprint density at radius 1 is 0.897 bits per heavy atom. The fourth-order valence-electron chi connectivity index (χ4n) is 4.32. The standard InChI is InChI=1S/C30H28N6O3/c1-34(2)17-16-31-30(37)33-25-11-6-21(7-12-25)24-10-15-28-29(19-24)35(20-32-28)26-13-8-22(9-14-26)23-4-3-5-27(18-23)36(38)39/h3-15,18-20H,16-17H2,1-2H3,(H2,31,33,37). The second-order valence-corrected chi connectivity index (χ2v) is 9.43. The highest BCUT2D eigenvalue weighted by atomic mass is 16.6. The lowest BCUT2D eigenvalue weighted by Gasteiger charge is -2.11. The van der Waals surface area contributed by atoms with E-state index in [1.165, 1.54) is 6.07 Å². The number of anilines is 1. The second kappa shape index (κ2) is 11.2. The van der Waals surface area contributed by atoms with E-state index in [-0.39, 0.29) is 16.6 Å². The van der Waals surface area contributed by atoms with Gasteiger partial charge in [-0.25, -0.2) is 9.78 Å². The molecule has 0 unspecified atom stereocenters. The summed E-state index contributed by atoms with van der Waals surface area (Å²) < 4.78 is 2.02. The van der Waals surface area contributed by atoms with E-state index in [9.17, 15) is 14.9 Å². The number of hydrogen-bond acceptors (Lipinski definition) is 5. The lowest BCUT2D eigenvalue weighted by molar-refractivity contribution is -0.384. The Kier molecular flexibility index (Phi) is 7.33. The smallest absolute Gasteiger partial charge is 0.319 e. The minimum atomic E-state index is -0.387. The molecule has 0 radical (unpaired) electrons. The Morgan fingerprint density at radius 3 is 2.26 bits per heavy atom. The summed E-state index contributed by atoms with van der Waals surface area (Å²) in [6, 6.07) is 28.1. The Balaban J connectivity index is 1.34. The molecule has 9 heteroatoms. The van der Waals surface area contributed by atoms with Gasteiger partial charge in [0.15, 0.2) is 0 Å². The van der Waals surface area contributed by atoms with Crippen LogP contribution in [0.2, 0.25) is 0 Å². The molecule has 4 aromatic carbocycles. The molecule has 1 heterocycles. The van der Waals surface area contributed by atoms with Gasteiger partial charge in [-0.1, -0.05) is 42.5 Å². The minimum Gasteiger partial charge on any atom is -0.337 e. The van der Waals surface area contributed by atoms with Crippen LogP contribution in [0.3, 0.4) is 0 Å². The number of likely N-dealkylation sites (N-methyl/N-ethyl adjacent to an activating group) is 1. The molecule has 2 N–H and O–H groups in total. The number of urea groups is 1. The van der Waals surface area contributed by atoms with Crippen molar-refractivity contribution >= 4 is 28.4 Å². The van der Waals surface area contributed by atoms with Crippen molar-refractivity contribution < 1.29 is 9.72 Å². The molecule has 39 heavy (non-hydrogen) atoms. The number of nitrogens with zero attached hydrogens (tertiary/aromatic N) is 4. The average molecular weight is 521 g/mol. The molecule has 2 amide bonds. The first-order valence-corrected chi connectivity index (χ1v) is 12.5. The summed E-state index contributed by atoms with van der Waals surface area (Å²) in [4.78, 5) is 29.4. The molecule has 5 rings (SSSR count). The van der Waals surface area contributed by atoms with Crippen LogP contribution in [-0.2, 0) is 0 Å². The zero-order valence-corrected chi connectivity index (χ0v) is 21.7. The lowest BCUT2D eigenvalue weighted by atomic mass is 10.0. The van der Waals surface area contributed by atoms with E-state index in [1.807, 2.05) is 90.3 Å². The number of benzene rings is 4. The number of rotatable bonds is 8. The van der Waals surface area contributed by atoms with Crippen LogP contribution in [0.15, 0.2) is 97.3 Å². The molecule has 0 spiro atoms. The Hall–Kier alpha value is -5.02. The summed E-state index contributed by atoms with van der Waals surface area (Å²) in [6.07, 6.45) is 1.79. The molecule has 1 aromatic heterocycles. The second-order valence-electron chi connectivity index (χ2n) is 9.43. The summed E-state index contributed by atoms with van der Waals surface area (Å²) in [5.41, 5.74) is 7.28. The van der Waals surface area contributed by atoms with Gasteiger partial charge in [0.25, 0.3) is 5.69 Å². The van der Waals surface area contributed by atoms with Crippen LogP contribution < -0.4 is 10.6 Å². The number of nitrogens with one attached hydrogen (secondary N) is 2. The third kappa shape index (κ3) is 5.94. The largest absolute Gasteiger partial charge is 0.337 e. The summed E-state index contributed by atoms with van der Waals surface area (Å²) in [5.74, 6) is 0. The molecule has 0 aliphatic heterocycles. The number of nitro groups is 1. The minimum absolute atomic E-state index is 0.0665. The Bertz CT molecular complexity index is 1630. The van der Waals surface area contributed by atoms with Crippen LogP contribution in [0.25, 0.3) is 39.0 Å². The molecule has 0 aliphatic carbocycles. The van der Waals surface area contributed by atoms with E-state index in [1.54, 1.807) is 18.5 Å². The molecule has 5 aromatic rings. The maximum Gasteiger partial charge on any atom is 0.319 e. The van der Waals surface area contributed by atoms with Crippen molar-refractivity contribution in [1.82, 2.24) is 19.8 Å². The number of carbonyl (C=O) groups is 1. The Morgan fingerprint density at radius 2 is 1.56 bits per heavy atom. The summed E-state index contributed by atoms with van der Waals surface area (Å²) in [5, 5.41) is 16.8. The molecular formula is C30H28N6O3. The number of imidazole rings is 1.